The van der Waals surface area contributed by atoms with Crippen LogP contribution in [0.15, 0.2) is 23.6 Å². The Morgan fingerprint density at radius 3 is 2.50 bits per heavy atom. The van der Waals surface area contributed by atoms with E-state index in [1.165, 1.54) is 6.33 Å². The molecule has 3 aromatic heterocycles. The fourth-order valence-electron chi connectivity index (χ4n) is 3.78. The van der Waals surface area contributed by atoms with Crippen LogP contribution in [-0.2, 0) is 0 Å². The van der Waals surface area contributed by atoms with E-state index in [0.29, 0.717) is 11.7 Å². The number of nitrogens with two attached hydrogens (primary N) is 2. The molecule has 0 fully saturated rings. The van der Waals surface area contributed by atoms with Crippen LogP contribution in [0.3, 0.4) is 0 Å². The second kappa shape index (κ2) is 6.73. The Balaban J connectivity index is 2.02. The summed E-state index contributed by atoms with van der Waals surface area (Å²) in [5.74, 6) is 1.81. The van der Waals surface area contributed by atoms with E-state index >= 15 is 0 Å². The molecule has 0 amide bonds. The summed E-state index contributed by atoms with van der Waals surface area (Å²) in [7, 11) is 1.98. The average molecular weight is 492 g/mol. The molecule has 0 spiro atoms. The predicted molar refractivity (Wildman–Crippen MR) is 119 cm³/mol. The zero-order valence-corrected chi connectivity index (χ0v) is 18.8. The van der Waals surface area contributed by atoms with E-state index in [1.807, 2.05) is 27.2 Å². The highest BCUT2D eigenvalue weighted by molar-refractivity contribution is 14.1. The minimum Gasteiger partial charge on any atom is -0.382 e. The average Bonchev–Trinajstić information content (AvgIpc) is 3.17. The van der Waals surface area contributed by atoms with Crippen molar-refractivity contribution in [2.24, 2.45) is 10.8 Å². The molecule has 0 aromatic carbocycles. The monoisotopic (exact) mass is 492 g/mol. The summed E-state index contributed by atoms with van der Waals surface area (Å²) < 4.78 is 5.00. The molecule has 1 atom stereocenters. The first-order valence-corrected chi connectivity index (χ1v) is 10.4. The summed E-state index contributed by atoms with van der Waals surface area (Å²) in [5, 5.41) is 9.46. The van der Waals surface area contributed by atoms with Crippen molar-refractivity contribution in [1.82, 2.24) is 24.2 Å². The van der Waals surface area contributed by atoms with Crippen molar-refractivity contribution in [2.75, 3.05) is 12.8 Å². The Morgan fingerprint density at radius 2 is 1.86 bits per heavy atom. The van der Waals surface area contributed by atoms with Gasteiger partial charge in [-0.05, 0) is 46.6 Å². The largest absolute Gasteiger partial charge is 0.382 e. The molecule has 9 heteroatoms. The van der Waals surface area contributed by atoms with E-state index in [9.17, 15) is 0 Å². The first kappa shape index (κ1) is 19.2. The first-order chi connectivity index (χ1) is 13.2. The van der Waals surface area contributed by atoms with E-state index in [0.717, 1.165) is 37.6 Å². The fraction of sp³-hybridized carbons (Fsp3) is 0.421. The van der Waals surface area contributed by atoms with Crippen LogP contribution in [0.4, 0.5) is 5.82 Å². The maximum atomic E-state index is 6.64. The Labute approximate surface area is 177 Å². The van der Waals surface area contributed by atoms with Crippen LogP contribution in [0.25, 0.3) is 5.52 Å². The number of hydrogen-bond acceptors (Lipinski definition) is 6. The third kappa shape index (κ3) is 2.71. The van der Waals surface area contributed by atoms with Gasteiger partial charge < -0.3 is 16.4 Å². The second-order valence-corrected chi connectivity index (χ2v) is 8.95. The first-order valence-electron chi connectivity index (χ1n) is 9.33. The third-order valence-corrected chi connectivity index (χ3v) is 6.10. The molecule has 1 aliphatic rings. The van der Waals surface area contributed by atoms with Gasteiger partial charge in [0.05, 0.1) is 11.4 Å². The molecule has 3 aromatic rings. The minimum atomic E-state index is -0.293. The van der Waals surface area contributed by atoms with Gasteiger partial charge in [-0.15, -0.1) is 5.10 Å². The van der Waals surface area contributed by atoms with Crippen molar-refractivity contribution in [3.8, 4) is 0 Å². The molecule has 0 saturated carbocycles. The quantitative estimate of drug-likeness (QED) is 0.548. The van der Waals surface area contributed by atoms with Gasteiger partial charge in [-0.3, -0.25) is 0 Å². The lowest BCUT2D eigenvalue weighted by atomic mass is 10.0. The summed E-state index contributed by atoms with van der Waals surface area (Å²) in [6.45, 7) is 8.60. The molecule has 1 unspecified atom stereocenters. The highest BCUT2D eigenvalue weighted by Crippen LogP contribution is 2.35. The molecule has 0 bridgehead atoms. The van der Waals surface area contributed by atoms with E-state index in [-0.39, 0.29) is 12.1 Å². The number of fused-ring (bicyclic) bond motifs is 2. The smallest absolute Gasteiger partial charge is 0.160 e. The Morgan fingerprint density at radius 1 is 1.14 bits per heavy atom. The van der Waals surface area contributed by atoms with Crippen LogP contribution in [0.5, 0.6) is 0 Å². The maximum absolute atomic E-state index is 6.64. The summed E-state index contributed by atoms with van der Waals surface area (Å²) in [6.07, 6.45) is 1.19. The van der Waals surface area contributed by atoms with E-state index < -0.39 is 0 Å². The van der Waals surface area contributed by atoms with Crippen molar-refractivity contribution < 1.29 is 0 Å². The molecule has 4 N–H and O–H groups in total. The zero-order valence-electron chi connectivity index (χ0n) is 16.7. The number of hydrogen-bond donors (Lipinski definition) is 2. The van der Waals surface area contributed by atoms with Gasteiger partial charge in [-0.1, -0.05) is 27.7 Å². The van der Waals surface area contributed by atoms with E-state index in [2.05, 4.69) is 66.4 Å². The van der Waals surface area contributed by atoms with E-state index in [1.54, 1.807) is 0 Å². The van der Waals surface area contributed by atoms with Crippen molar-refractivity contribution in [3.05, 3.63) is 44.7 Å². The molecule has 0 aliphatic carbocycles. The molecule has 0 saturated heterocycles. The summed E-state index contributed by atoms with van der Waals surface area (Å²) in [5.41, 5.74) is 17.7. The van der Waals surface area contributed by atoms with Gasteiger partial charge in [0, 0.05) is 21.9 Å². The fourth-order valence-corrected chi connectivity index (χ4v) is 4.65. The maximum Gasteiger partial charge on any atom is 0.160 e. The molecule has 1 aliphatic heterocycles. The van der Waals surface area contributed by atoms with E-state index in [4.69, 9.17) is 16.6 Å². The van der Waals surface area contributed by atoms with Crippen molar-refractivity contribution in [2.45, 2.75) is 45.7 Å². The minimum absolute atomic E-state index is 0.217. The molecule has 4 heterocycles. The molecule has 28 heavy (non-hydrogen) atoms. The summed E-state index contributed by atoms with van der Waals surface area (Å²) >= 11 is 2.34. The number of nitrogen functional groups attached to an aromatic ring is 1. The molecule has 8 nitrogen and oxygen atoms in total. The number of anilines is 1. The lowest BCUT2D eigenvalue weighted by molar-refractivity contribution is 0.345. The van der Waals surface area contributed by atoms with Crippen molar-refractivity contribution in [1.29, 1.82) is 0 Å². The lowest BCUT2D eigenvalue weighted by Crippen LogP contribution is -2.42. The van der Waals surface area contributed by atoms with Crippen LogP contribution in [0, 0.1) is 3.57 Å². The van der Waals surface area contributed by atoms with Gasteiger partial charge >= 0.3 is 0 Å². The molecule has 0 radical (unpaired) electrons. The van der Waals surface area contributed by atoms with Crippen molar-refractivity contribution >= 4 is 39.8 Å². The lowest BCUT2D eigenvalue weighted by Gasteiger charge is -2.33. The normalized spacial score (nSPS) is 17.0. The topological polar surface area (TPSA) is 103 Å². The second-order valence-electron chi connectivity index (χ2n) is 7.79. The summed E-state index contributed by atoms with van der Waals surface area (Å²) in [4.78, 5) is 6.16. The van der Waals surface area contributed by atoms with Crippen LogP contribution in [0.1, 0.15) is 68.3 Å². The van der Waals surface area contributed by atoms with Crippen LogP contribution < -0.4 is 11.5 Å². The Kier molecular flexibility index (Phi) is 4.61. The van der Waals surface area contributed by atoms with Crippen LogP contribution >= 0.6 is 22.6 Å². The van der Waals surface area contributed by atoms with Gasteiger partial charge in [0.25, 0.3) is 0 Å². The predicted octanol–water partition coefficient (Wildman–Crippen LogP) is 3.08. The SMILES string of the molecule is CC(C)c1cc(I)c2n1N=C(c1cc3c(N)ncnn3c1C(C)C)N(C)C2N. The van der Waals surface area contributed by atoms with Gasteiger partial charge in [0.15, 0.2) is 11.7 Å². The van der Waals surface area contributed by atoms with Gasteiger partial charge in [-0.2, -0.15) is 5.10 Å². The molecular formula is C19H25IN8. The summed E-state index contributed by atoms with van der Waals surface area (Å²) in [6, 6.07) is 4.19. The number of halogens is 1. The Bertz CT molecular complexity index is 1090. The zero-order chi connectivity index (χ0) is 20.3. The van der Waals surface area contributed by atoms with Gasteiger partial charge in [-0.25, -0.2) is 14.2 Å². The number of aromatic nitrogens is 4. The third-order valence-electron chi connectivity index (χ3n) is 5.24. The standard InChI is InChI=1S/C19H25IN8/c1-9(2)13-7-12(20)16-18(22)26(5)19(25-28(13)16)11-6-14-17(21)23-8-24-27(14)15(11)10(3)4/h6-10,18H,22H2,1-5H3,(H2,21,23,24). The molecular weight excluding hydrogens is 467 g/mol. The number of rotatable bonds is 3. The Hall–Kier alpha value is -2.14. The number of amidine groups is 1. The van der Waals surface area contributed by atoms with Gasteiger partial charge in [0.2, 0.25) is 0 Å². The highest BCUT2D eigenvalue weighted by Gasteiger charge is 2.33. The highest BCUT2D eigenvalue weighted by atomic mass is 127. The van der Waals surface area contributed by atoms with Crippen LogP contribution in [0.2, 0.25) is 0 Å². The molecule has 148 valence electrons. The molecule has 4 rings (SSSR count). The number of nitrogens with zero attached hydrogens (tertiary/aromatic N) is 6. The van der Waals surface area contributed by atoms with Crippen LogP contribution in [-0.4, -0.2) is 37.1 Å². The van der Waals surface area contributed by atoms with Gasteiger partial charge in [0.1, 0.15) is 18.0 Å². The van der Waals surface area contributed by atoms with Crippen molar-refractivity contribution in [3.63, 3.8) is 0 Å².